The Balaban J connectivity index is 1.68. The number of methoxy groups -OCH3 is 2. The van der Waals surface area contributed by atoms with E-state index in [1.54, 1.807) is 67.5 Å². The molecule has 2 aromatic heterocycles. The Labute approximate surface area is 250 Å². The van der Waals surface area contributed by atoms with E-state index in [1.165, 1.54) is 35.1 Å². The number of hydrogen-bond donors (Lipinski definition) is 0. The number of amides is 1. The summed E-state index contributed by atoms with van der Waals surface area (Å²) in [5, 5.41) is 11.2. The summed E-state index contributed by atoms with van der Waals surface area (Å²) in [6.45, 7) is 6.55. The van der Waals surface area contributed by atoms with Crippen molar-refractivity contribution in [3.8, 4) is 22.8 Å². The molecule has 0 saturated carbocycles. The summed E-state index contributed by atoms with van der Waals surface area (Å²) in [7, 11) is 3.08. The van der Waals surface area contributed by atoms with Crippen molar-refractivity contribution in [3.05, 3.63) is 107 Å². The van der Waals surface area contributed by atoms with Crippen LogP contribution in [0.1, 0.15) is 38.1 Å². The normalized spacial score (nSPS) is 14.7. The van der Waals surface area contributed by atoms with E-state index in [-0.39, 0.29) is 17.2 Å². The third-order valence-electron chi connectivity index (χ3n) is 7.28. The molecule has 12 heteroatoms. The van der Waals surface area contributed by atoms with Gasteiger partial charge in [-0.1, -0.05) is 23.5 Å². The Kier molecular flexibility index (Phi) is 8.31. The Bertz CT molecular complexity index is 1930. The highest BCUT2D eigenvalue weighted by molar-refractivity contribution is 7.07. The molecule has 0 unspecified atom stereocenters. The van der Waals surface area contributed by atoms with Crippen LogP contribution in [0.5, 0.6) is 11.5 Å². The number of carbonyl (C=O) groups excluding carboxylic acids is 1. The number of nitrogens with zero attached hydrogens (tertiary/aromatic N) is 4. The first kappa shape index (κ1) is 29.5. The lowest BCUT2D eigenvalue weighted by Gasteiger charge is -2.30. The van der Waals surface area contributed by atoms with Crippen molar-refractivity contribution in [2.75, 3.05) is 27.3 Å². The van der Waals surface area contributed by atoms with Crippen LogP contribution < -0.4 is 24.4 Å². The van der Waals surface area contributed by atoms with Crippen molar-refractivity contribution in [2.45, 2.75) is 26.8 Å². The van der Waals surface area contributed by atoms with Gasteiger partial charge in [-0.25, -0.2) is 4.99 Å². The Morgan fingerprint density at radius 2 is 1.91 bits per heavy atom. The van der Waals surface area contributed by atoms with Crippen molar-refractivity contribution in [2.24, 2.45) is 4.99 Å². The fourth-order valence-electron chi connectivity index (χ4n) is 5.11. The summed E-state index contributed by atoms with van der Waals surface area (Å²) in [6.07, 6.45) is 1.61. The molecule has 1 aliphatic heterocycles. The molecule has 0 bridgehead atoms. The molecule has 222 valence electrons. The van der Waals surface area contributed by atoms with Crippen LogP contribution in [0.15, 0.2) is 80.1 Å². The van der Waals surface area contributed by atoms with Crippen LogP contribution in [0.25, 0.3) is 17.4 Å². The number of non-ortho nitro benzene ring substituents is 1. The van der Waals surface area contributed by atoms with Crippen LogP contribution in [0, 0.1) is 10.1 Å². The lowest BCUT2D eigenvalue weighted by Crippen LogP contribution is -2.43. The minimum Gasteiger partial charge on any atom is -0.497 e. The van der Waals surface area contributed by atoms with E-state index < -0.39 is 11.0 Å². The predicted octanol–water partition coefficient (Wildman–Crippen LogP) is 4.29. The van der Waals surface area contributed by atoms with Gasteiger partial charge in [-0.05, 0) is 51.1 Å². The standard InChI is InChI=1S/C31H30N4O7S/c1-6-33(7-2)30(37)27-18(3)32-31-34(28(27)23-16-21(40-4)11-14-25(23)41-5)29(36)26(43-31)17-22-12-13-24(42-22)19-9-8-10-20(15-19)35(38)39/h8-17,28H,6-7H2,1-5H3/b26-17+/t28-/m0/s1. The highest BCUT2D eigenvalue weighted by Gasteiger charge is 2.36. The highest BCUT2D eigenvalue weighted by atomic mass is 32.1. The smallest absolute Gasteiger partial charge is 0.271 e. The zero-order chi connectivity index (χ0) is 30.8. The summed E-state index contributed by atoms with van der Waals surface area (Å²) < 4.78 is 19.0. The number of aromatic nitrogens is 1. The molecule has 43 heavy (non-hydrogen) atoms. The highest BCUT2D eigenvalue weighted by Crippen LogP contribution is 2.38. The van der Waals surface area contributed by atoms with Crippen molar-refractivity contribution >= 4 is 29.0 Å². The Hall–Kier alpha value is -4.97. The lowest BCUT2D eigenvalue weighted by atomic mass is 9.93. The van der Waals surface area contributed by atoms with Crippen LogP contribution in [0.4, 0.5) is 5.69 Å². The Morgan fingerprint density at radius 3 is 2.58 bits per heavy atom. The minimum atomic E-state index is -0.825. The van der Waals surface area contributed by atoms with Crippen LogP contribution in [0.3, 0.4) is 0 Å². The molecule has 1 amide bonds. The second kappa shape index (κ2) is 12.1. The van der Waals surface area contributed by atoms with E-state index in [0.29, 0.717) is 67.8 Å². The molecule has 0 spiro atoms. The molecule has 2 aromatic carbocycles. The number of nitro groups is 1. The number of rotatable bonds is 9. The van der Waals surface area contributed by atoms with Gasteiger partial charge in [0, 0.05) is 42.4 Å². The second-order valence-corrected chi connectivity index (χ2v) is 10.7. The van der Waals surface area contributed by atoms with E-state index in [1.807, 2.05) is 13.8 Å². The molecule has 4 aromatic rings. The number of fused-ring (bicyclic) bond motifs is 1. The second-order valence-electron chi connectivity index (χ2n) is 9.68. The van der Waals surface area contributed by atoms with Gasteiger partial charge in [-0.15, -0.1) is 0 Å². The van der Waals surface area contributed by atoms with E-state index >= 15 is 0 Å². The number of ether oxygens (including phenoxy) is 2. The van der Waals surface area contributed by atoms with Gasteiger partial charge >= 0.3 is 0 Å². The van der Waals surface area contributed by atoms with Gasteiger partial charge in [0.15, 0.2) is 4.80 Å². The topological polar surface area (TPSA) is 129 Å². The van der Waals surface area contributed by atoms with E-state index in [4.69, 9.17) is 18.9 Å². The van der Waals surface area contributed by atoms with Crippen LogP contribution >= 0.6 is 11.3 Å². The summed E-state index contributed by atoms with van der Waals surface area (Å²) >= 11 is 1.18. The molecule has 1 atom stereocenters. The summed E-state index contributed by atoms with van der Waals surface area (Å²) in [5.41, 5.74) is 1.60. The van der Waals surface area contributed by atoms with Gasteiger partial charge in [0.25, 0.3) is 17.2 Å². The van der Waals surface area contributed by atoms with Crippen LogP contribution in [-0.4, -0.2) is 47.6 Å². The first-order valence-electron chi connectivity index (χ1n) is 13.6. The zero-order valence-electron chi connectivity index (χ0n) is 24.3. The van der Waals surface area contributed by atoms with E-state index in [0.717, 1.165) is 0 Å². The molecular weight excluding hydrogens is 572 g/mol. The third kappa shape index (κ3) is 5.48. The molecule has 0 N–H and O–H groups in total. The average Bonchev–Trinajstić information content (AvgIpc) is 3.60. The number of nitro benzene ring substituents is 1. The fraction of sp³-hybridized carbons (Fsp3) is 0.258. The maximum absolute atomic E-state index is 14.1. The molecule has 3 heterocycles. The van der Waals surface area contributed by atoms with Gasteiger partial charge in [0.2, 0.25) is 0 Å². The number of likely N-dealkylation sites (N-methyl/N-ethyl adjacent to an activating group) is 1. The SMILES string of the molecule is CCN(CC)C(=O)C1=C(C)N=c2s/c(=C/c3ccc(-c4cccc([N+](=O)[O-])c4)o3)c(=O)n2[C@H]1c1cc(OC)ccc1OC. The summed E-state index contributed by atoms with van der Waals surface area (Å²) in [6, 6.07) is 14.0. The number of thiazole rings is 1. The van der Waals surface area contributed by atoms with Crippen molar-refractivity contribution in [3.63, 3.8) is 0 Å². The average molecular weight is 603 g/mol. The maximum Gasteiger partial charge on any atom is 0.271 e. The largest absolute Gasteiger partial charge is 0.497 e. The molecule has 0 saturated heterocycles. The van der Waals surface area contributed by atoms with Gasteiger partial charge in [-0.3, -0.25) is 24.3 Å². The van der Waals surface area contributed by atoms with E-state index in [2.05, 4.69) is 0 Å². The van der Waals surface area contributed by atoms with E-state index in [9.17, 15) is 19.7 Å². The molecule has 0 fully saturated rings. The number of carbonyl (C=O) groups is 1. The summed E-state index contributed by atoms with van der Waals surface area (Å²) in [5.74, 6) is 1.63. The summed E-state index contributed by atoms with van der Waals surface area (Å²) in [4.78, 5) is 45.5. The third-order valence-corrected chi connectivity index (χ3v) is 8.26. The first-order valence-corrected chi connectivity index (χ1v) is 14.4. The van der Waals surface area contributed by atoms with Gasteiger partial charge in [0.1, 0.15) is 29.1 Å². The van der Waals surface area contributed by atoms with Gasteiger partial charge in [-0.2, -0.15) is 0 Å². The number of hydrogen-bond acceptors (Lipinski definition) is 9. The van der Waals surface area contributed by atoms with Crippen LogP contribution in [0.2, 0.25) is 0 Å². The van der Waals surface area contributed by atoms with Gasteiger partial charge in [0.05, 0.1) is 34.9 Å². The van der Waals surface area contributed by atoms with Crippen molar-refractivity contribution in [1.29, 1.82) is 0 Å². The Morgan fingerprint density at radius 1 is 1.14 bits per heavy atom. The zero-order valence-corrected chi connectivity index (χ0v) is 25.1. The molecule has 11 nitrogen and oxygen atoms in total. The lowest BCUT2D eigenvalue weighted by molar-refractivity contribution is -0.384. The molecule has 1 aliphatic rings. The maximum atomic E-state index is 14.1. The quantitative estimate of drug-likeness (QED) is 0.206. The molecule has 5 rings (SSSR count). The number of furan rings is 1. The monoisotopic (exact) mass is 602 g/mol. The van der Waals surface area contributed by atoms with Crippen molar-refractivity contribution < 1.29 is 23.6 Å². The molecule has 0 aliphatic carbocycles. The predicted molar refractivity (Wildman–Crippen MR) is 162 cm³/mol. The van der Waals surface area contributed by atoms with Gasteiger partial charge < -0.3 is 18.8 Å². The molecular formula is C31H30N4O7S. The fourth-order valence-corrected chi connectivity index (χ4v) is 6.14. The minimum absolute atomic E-state index is 0.0536. The van der Waals surface area contributed by atoms with Crippen molar-refractivity contribution in [1.82, 2.24) is 9.47 Å². The first-order chi connectivity index (χ1) is 20.7. The van der Waals surface area contributed by atoms with Crippen LogP contribution in [-0.2, 0) is 4.79 Å². The number of allylic oxidation sites excluding steroid dienone is 1. The molecule has 0 radical (unpaired) electrons. The number of benzene rings is 2.